The molecule has 1 N–H and O–H groups in total. The Morgan fingerprint density at radius 2 is 2.15 bits per heavy atom. The highest BCUT2D eigenvalue weighted by Gasteiger charge is 2.17. The van der Waals surface area contributed by atoms with Crippen LogP contribution >= 0.6 is 11.8 Å². The van der Waals surface area contributed by atoms with Crippen molar-refractivity contribution >= 4 is 23.7 Å². The molecule has 76 valence electrons. The van der Waals surface area contributed by atoms with Crippen molar-refractivity contribution in [3.63, 3.8) is 0 Å². The van der Waals surface area contributed by atoms with E-state index in [1.165, 1.54) is 0 Å². The number of carbonyl (C=O) groups excluding carboxylic acids is 1. The summed E-state index contributed by atoms with van der Waals surface area (Å²) in [4.78, 5) is 20.7. The number of carbonyl (C=O) groups is 2. The fraction of sp³-hybridized carbons (Fsp3) is 0.750. The van der Waals surface area contributed by atoms with Gasteiger partial charge in [0.25, 0.3) is 0 Å². The largest absolute Gasteiger partial charge is 0.550 e. The van der Waals surface area contributed by atoms with E-state index in [4.69, 9.17) is 5.11 Å². The number of rotatable bonds is 7. The lowest BCUT2D eigenvalue weighted by Crippen LogP contribution is -2.30. The number of aliphatic carboxylic acids is 2. The van der Waals surface area contributed by atoms with Gasteiger partial charge in [-0.15, -0.1) is 11.8 Å². The van der Waals surface area contributed by atoms with Crippen LogP contribution in [-0.4, -0.2) is 28.0 Å². The van der Waals surface area contributed by atoms with Gasteiger partial charge in [-0.1, -0.05) is 13.3 Å². The minimum Gasteiger partial charge on any atom is -0.550 e. The Morgan fingerprint density at radius 3 is 2.54 bits per heavy atom. The monoisotopic (exact) mass is 205 g/mol. The van der Waals surface area contributed by atoms with E-state index in [-0.39, 0.29) is 0 Å². The summed E-state index contributed by atoms with van der Waals surface area (Å²) in [5, 5.41) is 17.9. The Hall–Kier alpha value is -0.710. The molecule has 0 amide bonds. The lowest BCUT2D eigenvalue weighted by Gasteiger charge is -2.11. The Labute approximate surface area is 81.3 Å². The van der Waals surface area contributed by atoms with Crippen molar-refractivity contribution in [3.8, 4) is 0 Å². The molecule has 0 spiro atoms. The molecule has 0 saturated heterocycles. The molecular formula is C8H13O4S-. The first kappa shape index (κ1) is 12.3. The number of carboxylic acids is 2. The molecule has 0 aliphatic carbocycles. The molecule has 0 aliphatic rings. The SMILES string of the molecule is CCCCSC(CC(=O)[O-])C(=O)O. The average Bonchev–Trinajstić information content (AvgIpc) is 2.02. The zero-order chi connectivity index (χ0) is 10.3. The quantitative estimate of drug-likeness (QED) is 0.597. The normalized spacial score (nSPS) is 12.4. The molecule has 13 heavy (non-hydrogen) atoms. The number of hydrogen-bond acceptors (Lipinski definition) is 4. The van der Waals surface area contributed by atoms with Crippen molar-refractivity contribution in [2.75, 3.05) is 5.75 Å². The first-order valence-corrected chi connectivity index (χ1v) is 5.17. The van der Waals surface area contributed by atoms with E-state index in [0.29, 0.717) is 5.75 Å². The molecule has 4 nitrogen and oxygen atoms in total. The topological polar surface area (TPSA) is 77.4 Å². The van der Waals surface area contributed by atoms with Gasteiger partial charge in [-0.3, -0.25) is 4.79 Å². The number of unbranched alkanes of at least 4 members (excludes halogenated alkanes) is 1. The highest BCUT2D eigenvalue weighted by Crippen LogP contribution is 2.16. The second-order valence-corrected chi connectivity index (χ2v) is 3.94. The van der Waals surface area contributed by atoms with Gasteiger partial charge in [-0.2, -0.15) is 0 Å². The van der Waals surface area contributed by atoms with Crippen LogP contribution in [0, 0.1) is 0 Å². The Kier molecular flexibility index (Phi) is 6.40. The average molecular weight is 205 g/mol. The van der Waals surface area contributed by atoms with E-state index < -0.39 is 23.6 Å². The van der Waals surface area contributed by atoms with Gasteiger partial charge in [0.2, 0.25) is 0 Å². The Morgan fingerprint density at radius 1 is 1.54 bits per heavy atom. The van der Waals surface area contributed by atoms with E-state index in [9.17, 15) is 14.7 Å². The van der Waals surface area contributed by atoms with E-state index in [2.05, 4.69) is 0 Å². The number of carboxylic acid groups (broad SMARTS) is 2. The molecule has 0 aromatic heterocycles. The molecule has 0 rings (SSSR count). The smallest absolute Gasteiger partial charge is 0.316 e. The van der Waals surface area contributed by atoms with Gasteiger partial charge in [0, 0.05) is 12.4 Å². The molecule has 0 fully saturated rings. The summed E-state index contributed by atoms with van der Waals surface area (Å²) < 4.78 is 0. The highest BCUT2D eigenvalue weighted by atomic mass is 32.2. The molecular weight excluding hydrogens is 192 g/mol. The van der Waals surface area contributed by atoms with Crippen molar-refractivity contribution in [2.24, 2.45) is 0 Å². The summed E-state index contributed by atoms with van der Waals surface area (Å²) in [6, 6.07) is 0. The Balaban J connectivity index is 3.81. The standard InChI is InChI=1S/C8H14O4S/c1-2-3-4-13-6(8(11)12)5-7(9)10/h6H,2-5H2,1H3,(H,9,10)(H,11,12)/p-1. The fourth-order valence-corrected chi connectivity index (χ4v) is 1.88. The second kappa shape index (κ2) is 6.77. The summed E-state index contributed by atoms with van der Waals surface area (Å²) in [5.41, 5.74) is 0. The maximum Gasteiger partial charge on any atom is 0.316 e. The highest BCUT2D eigenvalue weighted by molar-refractivity contribution is 8.00. The van der Waals surface area contributed by atoms with Crippen LogP contribution in [0.1, 0.15) is 26.2 Å². The van der Waals surface area contributed by atoms with Crippen molar-refractivity contribution in [1.82, 2.24) is 0 Å². The third kappa shape index (κ3) is 6.45. The maximum atomic E-state index is 10.5. The number of hydrogen-bond donors (Lipinski definition) is 1. The Bertz CT molecular complexity index is 181. The van der Waals surface area contributed by atoms with Gasteiger partial charge in [-0.25, -0.2) is 0 Å². The van der Waals surface area contributed by atoms with Crippen molar-refractivity contribution in [3.05, 3.63) is 0 Å². The molecule has 0 aromatic rings. The summed E-state index contributed by atoms with van der Waals surface area (Å²) >= 11 is 1.16. The molecule has 0 aromatic carbocycles. The predicted octanol–water partition coefficient (Wildman–Crippen LogP) is 0.113. The van der Waals surface area contributed by atoms with Crippen LogP contribution in [0.25, 0.3) is 0 Å². The van der Waals surface area contributed by atoms with Crippen LogP contribution in [-0.2, 0) is 9.59 Å². The molecule has 1 unspecified atom stereocenters. The van der Waals surface area contributed by atoms with Gasteiger partial charge in [0.05, 0.1) is 0 Å². The summed E-state index contributed by atoms with van der Waals surface area (Å²) in [7, 11) is 0. The predicted molar refractivity (Wildman–Crippen MR) is 48.4 cm³/mol. The van der Waals surface area contributed by atoms with E-state index >= 15 is 0 Å². The lowest BCUT2D eigenvalue weighted by atomic mass is 10.3. The fourth-order valence-electron chi connectivity index (χ4n) is 0.739. The zero-order valence-corrected chi connectivity index (χ0v) is 8.30. The summed E-state index contributed by atoms with van der Waals surface area (Å²) in [5.74, 6) is -1.71. The van der Waals surface area contributed by atoms with Crippen LogP contribution in [0.4, 0.5) is 0 Å². The van der Waals surface area contributed by atoms with Crippen LogP contribution in [0.3, 0.4) is 0 Å². The van der Waals surface area contributed by atoms with Gasteiger partial charge in [-0.05, 0) is 12.2 Å². The molecule has 1 atom stereocenters. The van der Waals surface area contributed by atoms with Crippen molar-refractivity contribution < 1.29 is 19.8 Å². The first-order valence-electron chi connectivity index (χ1n) is 4.12. The van der Waals surface area contributed by atoms with Crippen LogP contribution in [0.5, 0.6) is 0 Å². The van der Waals surface area contributed by atoms with Crippen LogP contribution in [0.2, 0.25) is 0 Å². The summed E-state index contributed by atoms with van der Waals surface area (Å²) in [6.07, 6.45) is 1.47. The molecule has 0 bridgehead atoms. The zero-order valence-electron chi connectivity index (χ0n) is 7.49. The maximum absolute atomic E-state index is 10.5. The van der Waals surface area contributed by atoms with Gasteiger partial charge in [0.1, 0.15) is 5.25 Å². The minimum absolute atomic E-state index is 0.413. The molecule has 0 heterocycles. The molecule has 5 heteroatoms. The second-order valence-electron chi connectivity index (χ2n) is 2.63. The van der Waals surface area contributed by atoms with E-state index in [1.807, 2.05) is 6.92 Å². The minimum atomic E-state index is -1.31. The van der Waals surface area contributed by atoms with Crippen molar-refractivity contribution in [2.45, 2.75) is 31.4 Å². The van der Waals surface area contributed by atoms with E-state index in [1.54, 1.807) is 0 Å². The van der Waals surface area contributed by atoms with Gasteiger partial charge in [0.15, 0.2) is 0 Å². The van der Waals surface area contributed by atoms with Crippen molar-refractivity contribution in [1.29, 1.82) is 0 Å². The molecule has 0 aliphatic heterocycles. The van der Waals surface area contributed by atoms with Gasteiger partial charge < -0.3 is 15.0 Å². The van der Waals surface area contributed by atoms with Gasteiger partial charge >= 0.3 is 5.97 Å². The van der Waals surface area contributed by atoms with Crippen LogP contribution in [0.15, 0.2) is 0 Å². The third-order valence-electron chi connectivity index (χ3n) is 1.44. The first-order chi connectivity index (χ1) is 6.07. The lowest BCUT2D eigenvalue weighted by molar-refractivity contribution is -0.305. The summed E-state index contributed by atoms with van der Waals surface area (Å²) in [6.45, 7) is 2.00. The van der Waals surface area contributed by atoms with Crippen LogP contribution < -0.4 is 5.11 Å². The van der Waals surface area contributed by atoms with E-state index in [0.717, 1.165) is 24.6 Å². The number of thioether (sulfide) groups is 1. The molecule has 0 saturated carbocycles. The molecule has 0 radical (unpaired) electrons. The third-order valence-corrected chi connectivity index (χ3v) is 2.74.